The number of nitrogens with zero attached hydrogens (tertiary/aromatic N) is 4. The number of amides is 1. The minimum absolute atomic E-state index is 0.0635. The number of carbonyl (C=O) groups is 1. The maximum absolute atomic E-state index is 13.9. The Morgan fingerprint density at radius 1 is 1.28 bits per heavy atom. The molecule has 1 N–H and O–H groups in total. The quantitative estimate of drug-likeness (QED) is 0.285. The summed E-state index contributed by atoms with van der Waals surface area (Å²) in [4.78, 5) is 22.8. The number of nitrogens with one attached hydrogen (secondary N) is 1. The fourth-order valence-electron chi connectivity index (χ4n) is 2.87. The van der Waals surface area contributed by atoms with Gasteiger partial charge in [0.25, 0.3) is 5.69 Å². The Morgan fingerprint density at radius 3 is 2.72 bits per heavy atom. The van der Waals surface area contributed by atoms with E-state index in [9.17, 15) is 23.7 Å². The van der Waals surface area contributed by atoms with E-state index in [0.717, 1.165) is 23.9 Å². The van der Waals surface area contributed by atoms with Crippen molar-refractivity contribution in [2.75, 3.05) is 11.1 Å². The third-order valence-corrected chi connectivity index (χ3v) is 5.30. The van der Waals surface area contributed by atoms with Gasteiger partial charge in [-0.3, -0.25) is 14.9 Å². The summed E-state index contributed by atoms with van der Waals surface area (Å²) in [6.45, 7) is 3.94. The number of hydrogen-bond acceptors (Lipinski definition) is 7. The van der Waals surface area contributed by atoms with Crippen LogP contribution in [0.15, 0.2) is 47.6 Å². The number of ether oxygens (including phenoxy) is 1. The van der Waals surface area contributed by atoms with Crippen molar-refractivity contribution in [2.24, 2.45) is 0 Å². The van der Waals surface area contributed by atoms with E-state index in [1.165, 1.54) is 24.3 Å². The Labute approximate surface area is 185 Å². The highest BCUT2D eigenvalue weighted by Gasteiger charge is 2.21. The molecule has 1 aromatic heterocycles. The van der Waals surface area contributed by atoms with Crippen molar-refractivity contribution in [3.8, 4) is 5.75 Å². The number of benzene rings is 2. The number of thioether (sulfide) groups is 1. The summed E-state index contributed by atoms with van der Waals surface area (Å²) in [6.07, 6.45) is -0.697. The molecule has 3 aromatic rings. The topological polar surface area (TPSA) is 112 Å². The Morgan fingerprint density at radius 2 is 2.03 bits per heavy atom. The molecule has 1 atom stereocenters. The molecule has 168 valence electrons. The highest BCUT2D eigenvalue weighted by atomic mass is 32.2. The molecule has 2 aromatic carbocycles. The lowest BCUT2D eigenvalue weighted by atomic mass is 10.2. The zero-order chi connectivity index (χ0) is 23.3. The van der Waals surface area contributed by atoms with Gasteiger partial charge in [0, 0.05) is 18.7 Å². The summed E-state index contributed by atoms with van der Waals surface area (Å²) in [6, 6.07) is 8.85. The first kappa shape index (κ1) is 23.1. The Bertz CT molecular complexity index is 1140. The van der Waals surface area contributed by atoms with Crippen LogP contribution in [0, 0.1) is 21.7 Å². The molecule has 0 aliphatic heterocycles. The Balaban J connectivity index is 1.67. The summed E-state index contributed by atoms with van der Waals surface area (Å²) in [5.41, 5.74) is -0.104. The number of hydrogen-bond donors (Lipinski definition) is 1. The van der Waals surface area contributed by atoms with Crippen LogP contribution in [0.2, 0.25) is 0 Å². The van der Waals surface area contributed by atoms with Crippen LogP contribution in [-0.2, 0) is 11.3 Å². The number of aromatic nitrogens is 3. The van der Waals surface area contributed by atoms with Gasteiger partial charge in [-0.2, -0.15) is 0 Å². The zero-order valence-corrected chi connectivity index (χ0v) is 17.9. The summed E-state index contributed by atoms with van der Waals surface area (Å²) in [7, 11) is 0. The largest absolute Gasteiger partial charge is 0.480 e. The summed E-state index contributed by atoms with van der Waals surface area (Å²) < 4.78 is 34.2. The summed E-state index contributed by atoms with van der Waals surface area (Å²) in [5, 5.41) is 22.2. The molecule has 0 saturated heterocycles. The molecule has 0 aliphatic carbocycles. The average Bonchev–Trinajstić information content (AvgIpc) is 3.17. The molecule has 1 heterocycles. The van der Waals surface area contributed by atoms with E-state index in [1.807, 2.05) is 6.92 Å². The van der Waals surface area contributed by atoms with Crippen LogP contribution in [0.5, 0.6) is 5.75 Å². The molecule has 1 amide bonds. The summed E-state index contributed by atoms with van der Waals surface area (Å²) in [5.74, 6) is -1.78. The average molecular weight is 463 g/mol. The fourth-order valence-corrected chi connectivity index (χ4v) is 3.68. The van der Waals surface area contributed by atoms with E-state index in [2.05, 4.69) is 15.5 Å². The standard InChI is InChI=1S/C20H19F2N5O4S/c1-3-26-19(12(2)31-17-9-8-13(21)10-14(17)22)24-25-20(26)32-11-18(28)23-15-6-4-5-7-16(15)27(29)30/h4-10,12H,3,11H2,1-2H3,(H,23,28). The maximum atomic E-state index is 13.9. The van der Waals surface area contributed by atoms with Crippen molar-refractivity contribution in [3.63, 3.8) is 0 Å². The van der Waals surface area contributed by atoms with Crippen LogP contribution in [0.4, 0.5) is 20.2 Å². The lowest BCUT2D eigenvalue weighted by Gasteiger charge is -2.16. The van der Waals surface area contributed by atoms with Crippen LogP contribution >= 0.6 is 11.8 Å². The summed E-state index contributed by atoms with van der Waals surface area (Å²) >= 11 is 1.09. The number of rotatable bonds is 9. The van der Waals surface area contributed by atoms with Gasteiger partial charge in [0.15, 0.2) is 28.7 Å². The molecule has 0 spiro atoms. The van der Waals surface area contributed by atoms with Crippen LogP contribution in [0.3, 0.4) is 0 Å². The van der Waals surface area contributed by atoms with E-state index < -0.39 is 28.6 Å². The third kappa shape index (κ3) is 5.38. The normalized spacial score (nSPS) is 11.8. The molecule has 12 heteroatoms. The second-order valence-corrected chi connectivity index (χ2v) is 7.47. The third-order valence-electron chi connectivity index (χ3n) is 4.33. The van der Waals surface area contributed by atoms with Gasteiger partial charge in [-0.25, -0.2) is 8.78 Å². The van der Waals surface area contributed by atoms with Crippen LogP contribution < -0.4 is 10.1 Å². The molecule has 3 rings (SSSR count). The highest BCUT2D eigenvalue weighted by Crippen LogP contribution is 2.27. The van der Waals surface area contributed by atoms with Gasteiger partial charge < -0.3 is 14.6 Å². The maximum Gasteiger partial charge on any atom is 0.292 e. The van der Waals surface area contributed by atoms with Crippen molar-refractivity contribution in [1.82, 2.24) is 14.8 Å². The number of nitro groups is 1. The molecule has 0 saturated carbocycles. The van der Waals surface area contributed by atoms with E-state index in [-0.39, 0.29) is 22.9 Å². The van der Waals surface area contributed by atoms with Crippen molar-refractivity contribution in [3.05, 3.63) is 70.0 Å². The number of anilines is 1. The van der Waals surface area contributed by atoms with E-state index in [0.29, 0.717) is 17.5 Å². The SMILES string of the molecule is CCn1c(SCC(=O)Nc2ccccc2[N+](=O)[O-])nnc1C(C)Oc1ccc(F)cc1F. The van der Waals surface area contributed by atoms with Gasteiger partial charge in [-0.15, -0.1) is 10.2 Å². The fraction of sp³-hybridized carbons (Fsp3) is 0.250. The van der Waals surface area contributed by atoms with Crippen molar-refractivity contribution in [1.29, 1.82) is 0 Å². The molecule has 32 heavy (non-hydrogen) atoms. The van der Waals surface area contributed by atoms with Crippen molar-refractivity contribution in [2.45, 2.75) is 31.7 Å². The first-order valence-electron chi connectivity index (χ1n) is 9.51. The zero-order valence-electron chi connectivity index (χ0n) is 17.1. The van der Waals surface area contributed by atoms with Gasteiger partial charge in [0.1, 0.15) is 11.5 Å². The van der Waals surface area contributed by atoms with E-state index in [1.54, 1.807) is 17.6 Å². The molecule has 0 fully saturated rings. The monoisotopic (exact) mass is 463 g/mol. The van der Waals surface area contributed by atoms with Gasteiger partial charge in [0.05, 0.1) is 10.7 Å². The number of halogens is 2. The molecular formula is C20H19F2N5O4S. The number of para-hydroxylation sites is 2. The van der Waals surface area contributed by atoms with Crippen LogP contribution in [-0.4, -0.2) is 31.3 Å². The molecular weight excluding hydrogens is 444 g/mol. The molecule has 9 nitrogen and oxygen atoms in total. The smallest absolute Gasteiger partial charge is 0.292 e. The second kappa shape index (κ2) is 10.2. The Kier molecular flexibility index (Phi) is 7.36. The predicted octanol–water partition coefficient (Wildman–Crippen LogP) is 4.36. The van der Waals surface area contributed by atoms with Gasteiger partial charge >= 0.3 is 0 Å². The van der Waals surface area contributed by atoms with Crippen LogP contribution in [0.25, 0.3) is 0 Å². The van der Waals surface area contributed by atoms with Gasteiger partial charge in [-0.05, 0) is 32.0 Å². The predicted molar refractivity (Wildman–Crippen MR) is 114 cm³/mol. The van der Waals surface area contributed by atoms with Gasteiger partial charge in [-0.1, -0.05) is 23.9 Å². The van der Waals surface area contributed by atoms with Crippen LogP contribution in [0.1, 0.15) is 25.8 Å². The molecule has 1 unspecified atom stereocenters. The minimum Gasteiger partial charge on any atom is -0.480 e. The number of nitro benzene ring substituents is 1. The molecule has 0 bridgehead atoms. The van der Waals surface area contributed by atoms with E-state index in [4.69, 9.17) is 4.74 Å². The van der Waals surface area contributed by atoms with Crippen molar-refractivity contribution >= 4 is 29.0 Å². The highest BCUT2D eigenvalue weighted by molar-refractivity contribution is 7.99. The number of carbonyl (C=O) groups excluding carboxylic acids is 1. The second-order valence-electron chi connectivity index (χ2n) is 6.53. The molecule has 0 aliphatic rings. The van der Waals surface area contributed by atoms with Gasteiger partial charge in [0.2, 0.25) is 5.91 Å². The van der Waals surface area contributed by atoms with Crippen molar-refractivity contribution < 1.29 is 23.2 Å². The molecule has 0 radical (unpaired) electrons. The first-order valence-corrected chi connectivity index (χ1v) is 10.5. The van der Waals surface area contributed by atoms with E-state index >= 15 is 0 Å². The lowest BCUT2D eigenvalue weighted by molar-refractivity contribution is -0.383. The minimum atomic E-state index is -0.833. The Hall–Kier alpha value is -3.54. The first-order chi connectivity index (χ1) is 15.3. The lowest BCUT2D eigenvalue weighted by Crippen LogP contribution is -2.16.